The molecule has 1 saturated carbocycles. The van der Waals surface area contributed by atoms with E-state index in [0.29, 0.717) is 10.6 Å². The predicted molar refractivity (Wildman–Crippen MR) is 82.5 cm³/mol. The number of hydrogen-bond donors (Lipinski definition) is 0. The lowest BCUT2D eigenvalue weighted by atomic mass is 9.91. The van der Waals surface area contributed by atoms with Crippen molar-refractivity contribution in [2.75, 3.05) is 0 Å². The molecule has 114 valence electrons. The molecule has 1 aromatic carbocycles. The molecule has 22 heavy (non-hydrogen) atoms. The van der Waals surface area contributed by atoms with E-state index in [4.69, 9.17) is 20.8 Å². The first-order valence-corrected chi connectivity index (χ1v) is 8.01. The molecule has 0 radical (unpaired) electrons. The van der Waals surface area contributed by atoms with Crippen LogP contribution in [0, 0.1) is 5.92 Å². The number of aryl methyl sites for hydroxylation is 1. The minimum Gasteiger partial charge on any atom is -0.425 e. The van der Waals surface area contributed by atoms with Crippen LogP contribution in [0.4, 0.5) is 0 Å². The summed E-state index contributed by atoms with van der Waals surface area (Å²) < 4.78 is 10.7. The van der Waals surface area contributed by atoms with Crippen molar-refractivity contribution in [1.82, 2.24) is 0 Å². The van der Waals surface area contributed by atoms with Crippen molar-refractivity contribution in [2.45, 2.75) is 38.5 Å². The molecule has 1 heterocycles. The summed E-state index contributed by atoms with van der Waals surface area (Å²) >= 11 is 6.26. The molecule has 0 spiro atoms. The van der Waals surface area contributed by atoms with Gasteiger partial charge in [-0.1, -0.05) is 11.6 Å². The first-order chi connectivity index (χ1) is 10.6. The Kier molecular flexibility index (Phi) is 3.22. The molecule has 0 saturated heterocycles. The van der Waals surface area contributed by atoms with E-state index in [-0.39, 0.29) is 23.3 Å². The van der Waals surface area contributed by atoms with E-state index in [9.17, 15) is 9.59 Å². The number of fused-ring (bicyclic) bond motifs is 3. The second-order valence-electron chi connectivity index (χ2n) is 6.03. The van der Waals surface area contributed by atoms with Gasteiger partial charge in [0.05, 0.1) is 10.9 Å². The van der Waals surface area contributed by atoms with Crippen molar-refractivity contribution in [2.24, 2.45) is 5.92 Å². The third-order valence-corrected chi connectivity index (χ3v) is 4.69. The van der Waals surface area contributed by atoms with Gasteiger partial charge in [-0.15, -0.1) is 0 Å². The van der Waals surface area contributed by atoms with Crippen LogP contribution in [0.2, 0.25) is 5.02 Å². The van der Waals surface area contributed by atoms with Crippen LogP contribution in [0.1, 0.15) is 36.8 Å². The summed E-state index contributed by atoms with van der Waals surface area (Å²) in [7, 11) is 0. The van der Waals surface area contributed by atoms with Gasteiger partial charge in [-0.2, -0.15) is 0 Å². The highest BCUT2D eigenvalue weighted by atomic mass is 35.5. The van der Waals surface area contributed by atoms with E-state index in [1.165, 1.54) is 0 Å². The summed E-state index contributed by atoms with van der Waals surface area (Å²) in [6.07, 6.45) is 5.41. The van der Waals surface area contributed by atoms with Gasteiger partial charge in [-0.3, -0.25) is 4.79 Å². The highest BCUT2D eigenvalue weighted by molar-refractivity contribution is 6.33. The standard InChI is InChI=1S/C17H15ClO4/c18-13-7-12-10-3-1-2-4-11(10)17(20)21-14(12)8-15(13)22-16(19)9-5-6-9/h7-9H,1-6H2. The third-order valence-electron chi connectivity index (χ3n) is 4.40. The quantitative estimate of drug-likeness (QED) is 0.482. The first-order valence-electron chi connectivity index (χ1n) is 7.63. The van der Waals surface area contributed by atoms with Crippen LogP contribution in [0.3, 0.4) is 0 Å². The van der Waals surface area contributed by atoms with Crippen molar-refractivity contribution >= 4 is 28.5 Å². The van der Waals surface area contributed by atoms with Gasteiger partial charge < -0.3 is 9.15 Å². The Morgan fingerprint density at radius 1 is 1.18 bits per heavy atom. The van der Waals surface area contributed by atoms with Gasteiger partial charge in [0.15, 0.2) is 5.75 Å². The largest absolute Gasteiger partial charge is 0.425 e. The van der Waals surface area contributed by atoms with Crippen LogP contribution in [0.25, 0.3) is 11.0 Å². The maximum absolute atomic E-state index is 12.1. The molecule has 4 rings (SSSR count). The molecular formula is C17H15ClO4. The Hall–Kier alpha value is -1.81. The van der Waals surface area contributed by atoms with Crippen molar-refractivity contribution in [1.29, 1.82) is 0 Å². The molecule has 0 atom stereocenters. The lowest BCUT2D eigenvalue weighted by Crippen LogP contribution is -2.16. The molecule has 0 aliphatic heterocycles. The fourth-order valence-electron chi connectivity index (χ4n) is 3.03. The monoisotopic (exact) mass is 318 g/mol. The van der Waals surface area contributed by atoms with Gasteiger partial charge in [0.1, 0.15) is 5.58 Å². The lowest BCUT2D eigenvalue weighted by molar-refractivity contribution is -0.135. The Morgan fingerprint density at radius 2 is 1.91 bits per heavy atom. The zero-order chi connectivity index (χ0) is 15.3. The summed E-state index contributed by atoms with van der Waals surface area (Å²) in [5, 5.41) is 1.23. The fourth-order valence-corrected chi connectivity index (χ4v) is 3.24. The Morgan fingerprint density at radius 3 is 2.64 bits per heavy atom. The van der Waals surface area contributed by atoms with Crippen LogP contribution >= 0.6 is 11.6 Å². The van der Waals surface area contributed by atoms with E-state index in [1.54, 1.807) is 12.1 Å². The minimum atomic E-state index is -0.288. The number of carbonyl (C=O) groups excluding carboxylic acids is 1. The van der Waals surface area contributed by atoms with E-state index in [0.717, 1.165) is 55.0 Å². The maximum Gasteiger partial charge on any atom is 0.339 e. The third kappa shape index (κ3) is 2.31. The van der Waals surface area contributed by atoms with Crippen molar-refractivity contribution in [3.63, 3.8) is 0 Å². The van der Waals surface area contributed by atoms with Gasteiger partial charge in [0.2, 0.25) is 0 Å². The van der Waals surface area contributed by atoms with Crippen molar-refractivity contribution in [3.8, 4) is 5.75 Å². The molecule has 0 unspecified atom stereocenters. The average molecular weight is 319 g/mol. The van der Waals surface area contributed by atoms with E-state index < -0.39 is 0 Å². The van der Waals surface area contributed by atoms with Gasteiger partial charge in [0.25, 0.3) is 0 Å². The van der Waals surface area contributed by atoms with Gasteiger partial charge >= 0.3 is 11.6 Å². The summed E-state index contributed by atoms with van der Waals surface area (Å²) in [5.41, 5.74) is 1.94. The number of esters is 1. The number of rotatable bonds is 2. The predicted octanol–water partition coefficient (Wildman–Crippen LogP) is 3.64. The molecule has 4 nitrogen and oxygen atoms in total. The topological polar surface area (TPSA) is 56.5 Å². The number of halogens is 1. The highest BCUT2D eigenvalue weighted by Gasteiger charge is 2.32. The summed E-state index contributed by atoms with van der Waals surface area (Å²) in [5.74, 6) is -0.00571. The fraction of sp³-hybridized carbons (Fsp3) is 0.412. The van der Waals surface area contributed by atoms with Gasteiger partial charge in [-0.05, 0) is 50.2 Å². The molecule has 2 aliphatic carbocycles. The van der Waals surface area contributed by atoms with E-state index in [1.807, 2.05) is 0 Å². The van der Waals surface area contributed by atoms with Crippen molar-refractivity contribution in [3.05, 3.63) is 38.7 Å². The first kappa shape index (κ1) is 13.8. The molecule has 0 N–H and O–H groups in total. The summed E-state index contributed by atoms with van der Waals surface area (Å²) in [4.78, 5) is 23.9. The molecule has 0 amide bonds. The zero-order valence-corrected chi connectivity index (χ0v) is 12.7. The SMILES string of the molecule is O=C(Oc1cc2oc(=O)c3c(c2cc1Cl)CCCC3)C1CC1. The van der Waals surface area contributed by atoms with E-state index in [2.05, 4.69) is 0 Å². The van der Waals surface area contributed by atoms with Gasteiger partial charge in [0, 0.05) is 17.0 Å². The molecule has 1 fully saturated rings. The van der Waals surface area contributed by atoms with Crippen LogP contribution in [0.15, 0.2) is 21.3 Å². The zero-order valence-electron chi connectivity index (χ0n) is 12.0. The summed E-state index contributed by atoms with van der Waals surface area (Å²) in [6, 6.07) is 3.31. The van der Waals surface area contributed by atoms with Crippen LogP contribution in [-0.2, 0) is 17.6 Å². The second kappa shape index (κ2) is 5.13. The number of hydrogen-bond acceptors (Lipinski definition) is 4. The van der Waals surface area contributed by atoms with Gasteiger partial charge in [-0.25, -0.2) is 4.79 Å². The minimum absolute atomic E-state index is 0.0118. The van der Waals surface area contributed by atoms with Crippen molar-refractivity contribution < 1.29 is 13.9 Å². The van der Waals surface area contributed by atoms with Crippen LogP contribution in [-0.4, -0.2) is 5.97 Å². The number of ether oxygens (including phenoxy) is 1. The Bertz CT molecular complexity index is 833. The van der Waals surface area contributed by atoms with E-state index >= 15 is 0 Å². The smallest absolute Gasteiger partial charge is 0.339 e. The normalized spacial score (nSPS) is 17.3. The number of carbonyl (C=O) groups is 1. The molecule has 2 aromatic rings. The molecule has 1 aromatic heterocycles. The maximum atomic E-state index is 12.1. The Labute approximate surface area is 132 Å². The summed E-state index contributed by atoms with van der Waals surface area (Å²) in [6.45, 7) is 0. The number of benzene rings is 1. The molecule has 0 bridgehead atoms. The Balaban J connectivity index is 1.83. The van der Waals surface area contributed by atoms with Crippen LogP contribution < -0.4 is 10.4 Å². The highest BCUT2D eigenvalue weighted by Crippen LogP contribution is 2.36. The lowest BCUT2D eigenvalue weighted by Gasteiger charge is -2.16. The molecular weight excluding hydrogens is 304 g/mol. The average Bonchev–Trinajstić information content (AvgIpc) is 3.34. The molecule has 2 aliphatic rings. The molecule has 5 heteroatoms. The van der Waals surface area contributed by atoms with Crippen LogP contribution in [0.5, 0.6) is 5.75 Å². The second-order valence-corrected chi connectivity index (χ2v) is 6.44.